The van der Waals surface area contributed by atoms with Crippen LogP contribution in [0.1, 0.15) is 16.7 Å². The quantitative estimate of drug-likeness (QED) is 0.251. The molecule has 11 heteroatoms. The Bertz CT molecular complexity index is 1530. The van der Waals surface area contributed by atoms with Gasteiger partial charge in [0.25, 0.3) is 0 Å². The summed E-state index contributed by atoms with van der Waals surface area (Å²) in [5.41, 5.74) is 5.47. The molecule has 0 radical (unpaired) electrons. The molecular formula is C26H22F3N7O. The highest BCUT2D eigenvalue weighted by Crippen LogP contribution is 2.32. The van der Waals surface area contributed by atoms with Crippen molar-refractivity contribution in [3.8, 4) is 11.3 Å². The molecule has 0 unspecified atom stereocenters. The number of fused-ring (bicyclic) bond motifs is 1. The monoisotopic (exact) mass is 505 g/mol. The zero-order valence-electron chi connectivity index (χ0n) is 19.8. The molecule has 37 heavy (non-hydrogen) atoms. The number of hydrogen-bond donors (Lipinski definition) is 3. The van der Waals surface area contributed by atoms with Crippen LogP contribution in [0.3, 0.4) is 0 Å². The van der Waals surface area contributed by atoms with E-state index < -0.39 is 11.7 Å². The van der Waals surface area contributed by atoms with Crippen molar-refractivity contribution in [3.05, 3.63) is 90.1 Å². The first-order valence-electron chi connectivity index (χ1n) is 11.1. The number of alkyl halides is 3. The number of anilines is 3. The van der Waals surface area contributed by atoms with Crippen LogP contribution in [0, 0.1) is 13.8 Å². The van der Waals surface area contributed by atoms with Crippen LogP contribution in [0.4, 0.5) is 30.4 Å². The van der Waals surface area contributed by atoms with Crippen LogP contribution in [0.15, 0.2) is 73.4 Å². The summed E-state index contributed by atoms with van der Waals surface area (Å²) in [6.07, 6.45) is 1.21. The number of nitrogens with one attached hydrogen (secondary N) is 3. The fraction of sp³-hybridized carbons (Fsp3) is 0.115. The third-order valence-corrected chi connectivity index (χ3v) is 5.35. The molecule has 2 aromatic carbocycles. The molecule has 0 spiro atoms. The Hall–Kier alpha value is -4.80. The van der Waals surface area contributed by atoms with E-state index in [1.807, 2.05) is 37.3 Å². The topological polar surface area (TPSA) is 108 Å². The number of H-pyrrole nitrogens is 1. The van der Waals surface area contributed by atoms with Gasteiger partial charge in [-0.15, -0.1) is 0 Å². The summed E-state index contributed by atoms with van der Waals surface area (Å²) < 4.78 is 35.9. The van der Waals surface area contributed by atoms with E-state index in [1.54, 1.807) is 25.5 Å². The van der Waals surface area contributed by atoms with Crippen molar-refractivity contribution in [2.75, 3.05) is 10.6 Å². The van der Waals surface area contributed by atoms with Gasteiger partial charge in [0.2, 0.25) is 6.41 Å². The molecule has 3 aromatic heterocycles. The number of nitrogens with zero attached hydrogens (tertiary/aromatic N) is 4. The number of aromatic amines is 1. The average Bonchev–Trinajstić information content (AvgIpc) is 3.36. The van der Waals surface area contributed by atoms with E-state index in [9.17, 15) is 18.0 Å². The van der Waals surface area contributed by atoms with Crippen molar-refractivity contribution < 1.29 is 18.0 Å². The standard InChI is InChI=1S/C18H15N7O.C8H7F3/c1-11-4-5-12(24-10-26)7-14(11)25-17-13(3-2-6-19-17)15-16-18(22-8-20-15)23-9-21-16;1-6-3-2-4-7(5-6)8(9,10)11/h2-10H,1H3,(H,19,25)(H,24,26)(H,20,21,22,23);2-5H,1H3. The minimum Gasteiger partial charge on any atom is -0.341 e. The van der Waals surface area contributed by atoms with Gasteiger partial charge in [0, 0.05) is 23.1 Å². The smallest absolute Gasteiger partial charge is 0.341 e. The molecule has 0 aliphatic carbocycles. The largest absolute Gasteiger partial charge is 0.416 e. The lowest BCUT2D eigenvalue weighted by molar-refractivity contribution is -0.137. The fourth-order valence-electron chi connectivity index (χ4n) is 3.53. The normalized spacial score (nSPS) is 10.9. The minimum atomic E-state index is -4.22. The predicted molar refractivity (Wildman–Crippen MR) is 135 cm³/mol. The van der Waals surface area contributed by atoms with Crippen molar-refractivity contribution >= 4 is 34.8 Å². The molecule has 0 bridgehead atoms. The molecule has 5 rings (SSSR count). The fourth-order valence-corrected chi connectivity index (χ4v) is 3.53. The zero-order chi connectivity index (χ0) is 26.4. The van der Waals surface area contributed by atoms with E-state index in [2.05, 4.69) is 35.6 Å². The first kappa shape index (κ1) is 25.3. The number of carbonyl (C=O) groups is 1. The van der Waals surface area contributed by atoms with Gasteiger partial charge < -0.3 is 15.6 Å². The lowest BCUT2D eigenvalue weighted by Gasteiger charge is -2.14. The Balaban J connectivity index is 0.000000245. The molecule has 0 saturated heterocycles. The molecule has 1 amide bonds. The van der Waals surface area contributed by atoms with Gasteiger partial charge in [-0.1, -0.05) is 29.8 Å². The summed E-state index contributed by atoms with van der Waals surface area (Å²) in [5.74, 6) is 0.647. The molecule has 3 heterocycles. The zero-order valence-corrected chi connectivity index (χ0v) is 19.8. The van der Waals surface area contributed by atoms with E-state index in [0.29, 0.717) is 34.8 Å². The second-order valence-corrected chi connectivity index (χ2v) is 8.01. The first-order chi connectivity index (χ1) is 17.8. The van der Waals surface area contributed by atoms with E-state index in [4.69, 9.17) is 0 Å². The summed E-state index contributed by atoms with van der Waals surface area (Å²) in [5, 5.41) is 5.99. The summed E-state index contributed by atoms with van der Waals surface area (Å²) in [4.78, 5) is 31.0. The van der Waals surface area contributed by atoms with Gasteiger partial charge in [0.05, 0.1) is 11.9 Å². The van der Waals surface area contributed by atoms with Crippen LogP contribution in [0.25, 0.3) is 22.4 Å². The van der Waals surface area contributed by atoms with Crippen molar-refractivity contribution in [2.45, 2.75) is 20.0 Å². The van der Waals surface area contributed by atoms with Crippen LogP contribution in [0.2, 0.25) is 0 Å². The number of halogens is 3. The number of hydrogen-bond acceptors (Lipinski definition) is 6. The first-order valence-corrected chi connectivity index (χ1v) is 11.1. The number of amides is 1. The predicted octanol–water partition coefficient (Wildman–Crippen LogP) is 6.05. The van der Waals surface area contributed by atoms with Gasteiger partial charge in [-0.25, -0.2) is 19.9 Å². The van der Waals surface area contributed by atoms with Crippen molar-refractivity contribution in [1.29, 1.82) is 0 Å². The second-order valence-electron chi connectivity index (χ2n) is 8.01. The average molecular weight is 506 g/mol. The Morgan fingerprint density at radius 1 is 0.946 bits per heavy atom. The molecule has 0 fully saturated rings. The van der Waals surface area contributed by atoms with Crippen molar-refractivity contribution in [1.82, 2.24) is 24.9 Å². The molecule has 0 saturated carbocycles. The summed E-state index contributed by atoms with van der Waals surface area (Å²) >= 11 is 0. The Labute approximate surface area is 210 Å². The molecule has 5 aromatic rings. The SMILES string of the molecule is Cc1ccc(NC=O)cc1Nc1ncccc1-c1ncnc2nc[nH]c12.Cc1cccc(C(F)(F)F)c1. The van der Waals surface area contributed by atoms with E-state index in [0.717, 1.165) is 34.5 Å². The third-order valence-electron chi connectivity index (χ3n) is 5.35. The van der Waals surface area contributed by atoms with Crippen LogP contribution in [-0.4, -0.2) is 31.3 Å². The number of pyridine rings is 1. The Morgan fingerprint density at radius 3 is 2.51 bits per heavy atom. The van der Waals surface area contributed by atoms with Crippen LogP contribution in [0.5, 0.6) is 0 Å². The van der Waals surface area contributed by atoms with Crippen LogP contribution in [-0.2, 0) is 11.0 Å². The van der Waals surface area contributed by atoms with Crippen LogP contribution >= 0.6 is 0 Å². The van der Waals surface area contributed by atoms with Gasteiger partial charge in [-0.2, -0.15) is 13.2 Å². The molecule has 188 valence electrons. The number of aromatic nitrogens is 5. The summed E-state index contributed by atoms with van der Waals surface area (Å²) in [7, 11) is 0. The lowest BCUT2D eigenvalue weighted by atomic mass is 10.1. The summed E-state index contributed by atoms with van der Waals surface area (Å²) in [6, 6.07) is 14.6. The number of aryl methyl sites for hydroxylation is 2. The highest BCUT2D eigenvalue weighted by molar-refractivity contribution is 5.91. The maximum absolute atomic E-state index is 12.0. The van der Waals surface area contributed by atoms with Gasteiger partial charge in [0.15, 0.2) is 5.65 Å². The van der Waals surface area contributed by atoms with E-state index in [-0.39, 0.29) is 0 Å². The van der Waals surface area contributed by atoms with Gasteiger partial charge in [0.1, 0.15) is 23.4 Å². The van der Waals surface area contributed by atoms with Gasteiger partial charge >= 0.3 is 6.18 Å². The third kappa shape index (κ3) is 6.07. The van der Waals surface area contributed by atoms with Gasteiger partial charge in [-0.05, 0) is 49.7 Å². The van der Waals surface area contributed by atoms with E-state index in [1.165, 1.54) is 12.4 Å². The maximum atomic E-state index is 12.0. The highest BCUT2D eigenvalue weighted by Gasteiger charge is 2.29. The minimum absolute atomic E-state index is 0.586. The maximum Gasteiger partial charge on any atom is 0.416 e. The van der Waals surface area contributed by atoms with E-state index >= 15 is 0 Å². The number of benzene rings is 2. The van der Waals surface area contributed by atoms with Crippen molar-refractivity contribution in [2.24, 2.45) is 0 Å². The van der Waals surface area contributed by atoms with Gasteiger partial charge in [-0.3, -0.25) is 4.79 Å². The highest BCUT2D eigenvalue weighted by atomic mass is 19.4. The molecule has 0 aliphatic heterocycles. The molecule has 0 aliphatic rings. The van der Waals surface area contributed by atoms with Crippen molar-refractivity contribution in [3.63, 3.8) is 0 Å². The second kappa shape index (κ2) is 10.9. The summed E-state index contributed by atoms with van der Waals surface area (Å²) in [6.45, 7) is 3.61. The molecule has 3 N–H and O–H groups in total. The number of imidazole rings is 1. The van der Waals surface area contributed by atoms with Crippen LogP contribution < -0.4 is 10.6 Å². The molecule has 0 atom stereocenters. The Kier molecular flexibility index (Phi) is 7.42. The lowest BCUT2D eigenvalue weighted by Crippen LogP contribution is -2.04. The molecular weight excluding hydrogens is 483 g/mol. The molecule has 8 nitrogen and oxygen atoms in total. The Morgan fingerprint density at radius 2 is 1.78 bits per heavy atom. The number of carbonyl (C=O) groups excluding carboxylic acids is 1. The number of rotatable bonds is 5.